The number of nitrogens with zero attached hydrogens (tertiary/aromatic N) is 1. The Bertz CT molecular complexity index is 585. The Kier molecular flexibility index (Phi) is 4.06. The lowest BCUT2D eigenvalue weighted by Gasteiger charge is -2.25. The molecular weight excluding hydrogens is 321 g/mol. The second-order valence-corrected chi connectivity index (χ2v) is 6.96. The molecule has 0 saturated carbocycles. The molecule has 1 aromatic carbocycles. The van der Waals surface area contributed by atoms with Crippen molar-refractivity contribution >= 4 is 39.9 Å². The van der Waals surface area contributed by atoms with Gasteiger partial charge in [-0.1, -0.05) is 29.3 Å². The van der Waals surface area contributed by atoms with E-state index >= 15 is 0 Å². The molecular formula is C13H13Cl2NO3S. The van der Waals surface area contributed by atoms with Crippen molar-refractivity contribution in [1.29, 1.82) is 0 Å². The standard InChI is InChI=1S/C13H13Cl2NO3S/c14-9-5-3-6-10(15)12(9)16-13(19-17)8-4-1-2-7-11(8)20(16)18/h3,5-6,13,17H,1-2,4,7H2. The van der Waals surface area contributed by atoms with Gasteiger partial charge in [0.05, 0.1) is 15.7 Å². The Balaban J connectivity index is 2.09. The fourth-order valence-corrected chi connectivity index (χ4v) is 5.08. The number of hydrogen-bond acceptors (Lipinski definition) is 3. The van der Waals surface area contributed by atoms with Crippen molar-refractivity contribution in [2.45, 2.75) is 31.9 Å². The van der Waals surface area contributed by atoms with Crippen molar-refractivity contribution in [3.63, 3.8) is 0 Å². The molecule has 3 rings (SSSR count). The maximum Gasteiger partial charge on any atom is 0.199 e. The summed E-state index contributed by atoms with van der Waals surface area (Å²) >= 11 is 12.4. The van der Waals surface area contributed by atoms with E-state index in [2.05, 4.69) is 4.89 Å². The summed E-state index contributed by atoms with van der Waals surface area (Å²) in [5.41, 5.74) is 1.32. The lowest BCUT2D eigenvalue weighted by Crippen LogP contribution is -2.34. The Morgan fingerprint density at radius 2 is 1.90 bits per heavy atom. The molecule has 0 fully saturated rings. The van der Waals surface area contributed by atoms with Gasteiger partial charge in [0.15, 0.2) is 17.2 Å². The molecule has 2 atom stereocenters. The molecule has 4 nitrogen and oxygen atoms in total. The first kappa shape index (κ1) is 14.4. The SMILES string of the molecule is O=S1C2=C(CCCC2)C(OO)N1c1c(Cl)cccc1Cl. The van der Waals surface area contributed by atoms with E-state index in [-0.39, 0.29) is 0 Å². The van der Waals surface area contributed by atoms with Gasteiger partial charge in [0.2, 0.25) is 0 Å². The van der Waals surface area contributed by atoms with Crippen molar-refractivity contribution in [2.24, 2.45) is 0 Å². The molecule has 1 aliphatic carbocycles. The average Bonchev–Trinajstić information content (AvgIpc) is 2.72. The fraction of sp³-hybridized carbons (Fsp3) is 0.385. The molecule has 20 heavy (non-hydrogen) atoms. The highest BCUT2D eigenvalue weighted by Crippen LogP contribution is 2.45. The summed E-state index contributed by atoms with van der Waals surface area (Å²) in [7, 11) is -1.42. The molecule has 1 aliphatic heterocycles. The Morgan fingerprint density at radius 3 is 2.55 bits per heavy atom. The molecule has 1 heterocycles. The highest BCUT2D eigenvalue weighted by atomic mass is 35.5. The van der Waals surface area contributed by atoms with Gasteiger partial charge < -0.3 is 0 Å². The van der Waals surface area contributed by atoms with Gasteiger partial charge in [-0.25, -0.2) is 14.4 Å². The molecule has 7 heteroatoms. The normalized spacial score (nSPS) is 26.1. The summed E-state index contributed by atoms with van der Waals surface area (Å²) in [6.45, 7) is 0. The van der Waals surface area contributed by atoms with Crippen LogP contribution >= 0.6 is 23.2 Å². The summed E-state index contributed by atoms with van der Waals surface area (Å²) in [4.78, 5) is 5.41. The molecule has 0 aromatic heterocycles. The quantitative estimate of drug-likeness (QED) is 0.654. The van der Waals surface area contributed by atoms with E-state index in [1.807, 2.05) is 0 Å². The first-order valence-electron chi connectivity index (χ1n) is 6.32. The van der Waals surface area contributed by atoms with Crippen LogP contribution in [0.1, 0.15) is 25.7 Å². The number of hydrogen-bond donors (Lipinski definition) is 1. The van der Waals surface area contributed by atoms with Crippen molar-refractivity contribution in [1.82, 2.24) is 0 Å². The molecule has 0 radical (unpaired) electrons. The van der Waals surface area contributed by atoms with Crippen LogP contribution in [0, 0.1) is 0 Å². The van der Waals surface area contributed by atoms with Crippen LogP contribution < -0.4 is 4.31 Å². The van der Waals surface area contributed by atoms with Crippen LogP contribution in [-0.2, 0) is 15.9 Å². The van der Waals surface area contributed by atoms with E-state index in [0.717, 1.165) is 36.2 Å². The van der Waals surface area contributed by atoms with Crippen LogP contribution in [0.25, 0.3) is 0 Å². The van der Waals surface area contributed by atoms with Gasteiger partial charge in [-0.15, -0.1) is 0 Å². The maximum absolute atomic E-state index is 12.7. The summed E-state index contributed by atoms with van der Waals surface area (Å²) in [6.07, 6.45) is 2.74. The third-order valence-electron chi connectivity index (χ3n) is 3.62. The van der Waals surface area contributed by atoms with Gasteiger partial charge in [-0.3, -0.25) is 4.31 Å². The third kappa shape index (κ3) is 2.18. The summed E-state index contributed by atoms with van der Waals surface area (Å²) < 4.78 is 14.1. The minimum Gasteiger partial charge on any atom is -0.251 e. The topological polar surface area (TPSA) is 49.8 Å². The highest BCUT2D eigenvalue weighted by Gasteiger charge is 2.42. The van der Waals surface area contributed by atoms with E-state index in [0.29, 0.717) is 15.7 Å². The van der Waals surface area contributed by atoms with E-state index in [9.17, 15) is 9.47 Å². The Hall–Kier alpha value is -0.590. The zero-order valence-corrected chi connectivity index (χ0v) is 12.8. The Morgan fingerprint density at radius 1 is 1.25 bits per heavy atom. The van der Waals surface area contributed by atoms with E-state index in [4.69, 9.17) is 23.2 Å². The molecule has 2 unspecified atom stereocenters. The smallest absolute Gasteiger partial charge is 0.199 e. The summed E-state index contributed by atoms with van der Waals surface area (Å²) in [5, 5.41) is 10.0. The van der Waals surface area contributed by atoms with Crippen molar-refractivity contribution in [2.75, 3.05) is 4.31 Å². The van der Waals surface area contributed by atoms with Crippen LogP contribution in [0.5, 0.6) is 0 Å². The molecule has 1 N–H and O–H groups in total. The van der Waals surface area contributed by atoms with Crippen LogP contribution in [0.3, 0.4) is 0 Å². The molecule has 0 amide bonds. The van der Waals surface area contributed by atoms with E-state index in [1.54, 1.807) is 18.2 Å². The van der Waals surface area contributed by atoms with Crippen LogP contribution in [0.15, 0.2) is 28.7 Å². The average molecular weight is 334 g/mol. The van der Waals surface area contributed by atoms with Crippen molar-refractivity contribution in [3.8, 4) is 0 Å². The van der Waals surface area contributed by atoms with E-state index < -0.39 is 17.2 Å². The first-order valence-corrected chi connectivity index (χ1v) is 8.18. The van der Waals surface area contributed by atoms with Crippen LogP contribution in [-0.4, -0.2) is 15.7 Å². The lowest BCUT2D eigenvalue weighted by atomic mass is 9.98. The number of anilines is 1. The third-order valence-corrected chi connectivity index (χ3v) is 5.85. The largest absolute Gasteiger partial charge is 0.251 e. The lowest BCUT2D eigenvalue weighted by molar-refractivity contribution is -0.265. The number of para-hydroxylation sites is 1. The maximum atomic E-state index is 12.7. The molecule has 1 aromatic rings. The van der Waals surface area contributed by atoms with Gasteiger partial charge in [-0.2, -0.15) is 0 Å². The van der Waals surface area contributed by atoms with Gasteiger partial charge in [0.25, 0.3) is 0 Å². The monoisotopic (exact) mass is 333 g/mol. The van der Waals surface area contributed by atoms with Crippen molar-refractivity contribution in [3.05, 3.63) is 38.7 Å². The number of benzene rings is 1. The predicted octanol–water partition coefficient (Wildman–Crippen LogP) is 4.12. The van der Waals surface area contributed by atoms with Gasteiger partial charge >= 0.3 is 0 Å². The van der Waals surface area contributed by atoms with Crippen LogP contribution in [0.2, 0.25) is 10.0 Å². The molecule has 0 bridgehead atoms. The fourth-order valence-electron chi connectivity index (χ4n) is 2.72. The summed E-state index contributed by atoms with van der Waals surface area (Å²) in [5.74, 6) is 0. The number of halogens is 2. The predicted molar refractivity (Wildman–Crippen MR) is 80.1 cm³/mol. The van der Waals surface area contributed by atoms with Gasteiger partial charge in [0.1, 0.15) is 0 Å². The molecule has 2 aliphatic rings. The van der Waals surface area contributed by atoms with Gasteiger partial charge in [0, 0.05) is 4.91 Å². The van der Waals surface area contributed by atoms with E-state index in [1.165, 1.54) is 4.31 Å². The number of allylic oxidation sites excluding steroid dienone is 1. The summed E-state index contributed by atoms with van der Waals surface area (Å²) in [6, 6.07) is 5.06. The second-order valence-electron chi connectivity index (χ2n) is 4.76. The molecule has 108 valence electrons. The van der Waals surface area contributed by atoms with Crippen molar-refractivity contribution < 1.29 is 14.4 Å². The highest BCUT2D eigenvalue weighted by molar-refractivity contribution is 7.90. The zero-order valence-electron chi connectivity index (χ0n) is 10.5. The van der Waals surface area contributed by atoms with Gasteiger partial charge in [-0.05, 0) is 43.4 Å². The molecule has 0 spiro atoms. The first-order chi connectivity index (χ1) is 9.65. The molecule has 0 saturated heterocycles. The zero-order chi connectivity index (χ0) is 14.3. The Labute approximate surface area is 129 Å². The minimum absolute atomic E-state index is 0.382. The number of rotatable bonds is 2. The minimum atomic E-state index is -1.42. The second kappa shape index (κ2) is 5.66. The van der Waals surface area contributed by atoms with Crippen LogP contribution in [0.4, 0.5) is 5.69 Å².